The molecule has 0 bridgehead atoms. The molecule has 7 nitrogen and oxygen atoms in total. The molecule has 0 aliphatic carbocycles. The van der Waals surface area contributed by atoms with Gasteiger partial charge in [-0.25, -0.2) is 5.48 Å². The van der Waals surface area contributed by atoms with Crippen LogP contribution in [-0.2, 0) is 12.1 Å². The smallest absolute Gasteiger partial charge is 0.299 e. The molecule has 4 rings (SSSR count). The fourth-order valence-corrected chi connectivity index (χ4v) is 3.29. The normalized spacial score (nSPS) is 15.5. The van der Waals surface area contributed by atoms with Gasteiger partial charge in [0.15, 0.2) is 5.58 Å². The number of rotatable bonds is 2. The lowest BCUT2D eigenvalue weighted by molar-refractivity contribution is 0.0705. The van der Waals surface area contributed by atoms with Crippen molar-refractivity contribution in [1.82, 2.24) is 15.4 Å². The number of hydrogen-bond acceptors (Lipinski definition) is 6. The Morgan fingerprint density at radius 2 is 2.21 bits per heavy atom. The number of oxazole rings is 1. The minimum absolute atomic E-state index is 0.407. The summed E-state index contributed by atoms with van der Waals surface area (Å²) in [6.45, 7) is 4.56. The molecule has 0 saturated heterocycles. The number of aromatic nitrogens is 2. The van der Waals surface area contributed by atoms with E-state index in [0.717, 1.165) is 11.1 Å². The average molecular weight is 324 g/mol. The molecule has 1 aliphatic heterocycles. The van der Waals surface area contributed by atoms with E-state index in [0.29, 0.717) is 29.2 Å². The first-order valence-corrected chi connectivity index (χ1v) is 7.57. The van der Waals surface area contributed by atoms with Crippen LogP contribution in [0.2, 0.25) is 0 Å². The molecule has 2 N–H and O–H groups in total. The van der Waals surface area contributed by atoms with Crippen LogP contribution in [0.15, 0.2) is 41.1 Å². The first-order valence-electron chi connectivity index (χ1n) is 7.57. The molecule has 0 radical (unpaired) electrons. The Hall–Kier alpha value is -2.93. The van der Waals surface area contributed by atoms with E-state index in [-0.39, 0.29) is 0 Å². The standard InChI is InChI=1S/C17H16N4O3/c1-17(2)12-5-3-4-10(15(22)20-23)11(12)9-21(17)16-19-13-8-18-7-6-14(13)24-16/h3-8,23H,9H2,1-2H3,(H,20,22). The summed E-state index contributed by atoms with van der Waals surface area (Å²) < 4.78 is 5.87. The predicted octanol–water partition coefficient (Wildman–Crippen LogP) is 2.60. The highest BCUT2D eigenvalue weighted by Gasteiger charge is 2.41. The van der Waals surface area contributed by atoms with Crippen LogP contribution < -0.4 is 10.4 Å². The quantitative estimate of drug-likeness (QED) is 0.556. The Labute approximate surface area is 137 Å². The number of hydrogen-bond donors (Lipinski definition) is 2. The van der Waals surface area contributed by atoms with Gasteiger partial charge in [0, 0.05) is 24.4 Å². The Balaban J connectivity index is 1.83. The van der Waals surface area contributed by atoms with Crippen molar-refractivity contribution in [2.45, 2.75) is 25.9 Å². The summed E-state index contributed by atoms with van der Waals surface area (Å²) in [5.41, 5.74) is 4.96. The molecule has 2 aromatic heterocycles. The van der Waals surface area contributed by atoms with Crippen molar-refractivity contribution in [2.75, 3.05) is 4.90 Å². The van der Waals surface area contributed by atoms with Gasteiger partial charge in [-0.3, -0.25) is 15.0 Å². The van der Waals surface area contributed by atoms with Crippen molar-refractivity contribution >= 4 is 23.0 Å². The highest BCUT2D eigenvalue weighted by atomic mass is 16.5. The van der Waals surface area contributed by atoms with Crippen LogP contribution in [0.3, 0.4) is 0 Å². The second kappa shape index (κ2) is 5.04. The van der Waals surface area contributed by atoms with Crippen LogP contribution >= 0.6 is 0 Å². The molecule has 0 atom stereocenters. The molecular formula is C17H16N4O3. The molecule has 3 aromatic rings. The van der Waals surface area contributed by atoms with Crippen molar-refractivity contribution in [2.24, 2.45) is 0 Å². The number of nitrogens with zero attached hydrogens (tertiary/aromatic N) is 3. The first kappa shape index (κ1) is 14.6. The van der Waals surface area contributed by atoms with Crippen LogP contribution in [0.4, 0.5) is 6.01 Å². The fraction of sp³-hybridized carbons (Fsp3) is 0.235. The maximum absolute atomic E-state index is 11.9. The SMILES string of the molecule is CC1(C)c2cccc(C(=O)NO)c2CN1c1nc2cnccc2o1. The van der Waals surface area contributed by atoms with Gasteiger partial charge in [-0.1, -0.05) is 12.1 Å². The third-order valence-corrected chi connectivity index (χ3v) is 4.58. The number of anilines is 1. The van der Waals surface area contributed by atoms with Gasteiger partial charge in [0.2, 0.25) is 0 Å². The van der Waals surface area contributed by atoms with Crippen molar-refractivity contribution in [3.8, 4) is 0 Å². The zero-order valence-corrected chi connectivity index (χ0v) is 13.3. The monoisotopic (exact) mass is 324 g/mol. The Kier molecular flexibility index (Phi) is 3.07. The van der Waals surface area contributed by atoms with Crippen molar-refractivity contribution in [1.29, 1.82) is 0 Å². The van der Waals surface area contributed by atoms with Crippen LogP contribution in [0.5, 0.6) is 0 Å². The Morgan fingerprint density at radius 1 is 1.38 bits per heavy atom. The third kappa shape index (κ3) is 1.98. The van der Waals surface area contributed by atoms with E-state index < -0.39 is 11.4 Å². The largest absolute Gasteiger partial charge is 0.423 e. The lowest BCUT2D eigenvalue weighted by Gasteiger charge is -2.30. The molecule has 1 aliphatic rings. The summed E-state index contributed by atoms with van der Waals surface area (Å²) in [4.78, 5) is 22.5. The minimum Gasteiger partial charge on any atom is -0.423 e. The number of amides is 1. The third-order valence-electron chi connectivity index (χ3n) is 4.58. The second-order valence-corrected chi connectivity index (χ2v) is 6.26. The number of hydroxylamine groups is 1. The molecule has 0 spiro atoms. The number of benzene rings is 1. The minimum atomic E-state index is -0.522. The lowest BCUT2D eigenvalue weighted by Crippen LogP contribution is -2.35. The molecule has 0 unspecified atom stereocenters. The van der Waals surface area contributed by atoms with Crippen LogP contribution in [0, 0.1) is 0 Å². The predicted molar refractivity (Wildman–Crippen MR) is 86.7 cm³/mol. The maximum atomic E-state index is 11.9. The Bertz CT molecular complexity index is 915. The molecule has 0 fully saturated rings. The molecule has 0 saturated carbocycles. The van der Waals surface area contributed by atoms with Crippen LogP contribution in [0.1, 0.15) is 35.3 Å². The van der Waals surface area contributed by atoms with Gasteiger partial charge in [-0.2, -0.15) is 4.98 Å². The fourth-order valence-electron chi connectivity index (χ4n) is 3.29. The van der Waals surface area contributed by atoms with E-state index in [4.69, 9.17) is 9.62 Å². The second-order valence-electron chi connectivity index (χ2n) is 6.26. The summed E-state index contributed by atoms with van der Waals surface area (Å²) in [7, 11) is 0. The molecular weight excluding hydrogens is 308 g/mol. The van der Waals surface area contributed by atoms with Gasteiger partial charge in [-0.15, -0.1) is 0 Å². The number of carbonyl (C=O) groups is 1. The highest BCUT2D eigenvalue weighted by molar-refractivity contribution is 5.95. The van der Waals surface area contributed by atoms with Crippen molar-refractivity contribution in [3.05, 3.63) is 53.3 Å². The summed E-state index contributed by atoms with van der Waals surface area (Å²) in [5.74, 6) is -0.522. The molecule has 122 valence electrons. The molecule has 24 heavy (non-hydrogen) atoms. The van der Waals surface area contributed by atoms with E-state index in [1.54, 1.807) is 30.0 Å². The summed E-state index contributed by atoms with van der Waals surface area (Å²) in [6, 6.07) is 7.74. The summed E-state index contributed by atoms with van der Waals surface area (Å²) in [5, 5.41) is 8.98. The van der Waals surface area contributed by atoms with Crippen LogP contribution in [0.25, 0.3) is 11.1 Å². The highest BCUT2D eigenvalue weighted by Crippen LogP contribution is 2.43. The van der Waals surface area contributed by atoms with Crippen LogP contribution in [-0.4, -0.2) is 21.1 Å². The van der Waals surface area contributed by atoms with Crippen molar-refractivity contribution in [3.63, 3.8) is 0 Å². The zero-order valence-electron chi connectivity index (χ0n) is 13.3. The summed E-state index contributed by atoms with van der Waals surface area (Å²) in [6.07, 6.45) is 3.31. The Morgan fingerprint density at radius 3 is 2.96 bits per heavy atom. The lowest BCUT2D eigenvalue weighted by atomic mass is 9.91. The van der Waals surface area contributed by atoms with Gasteiger partial charge in [0.25, 0.3) is 11.9 Å². The van der Waals surface area contributed by atoms with E-state index in [1.807, 2.05) is 30.9 Å². The number of pyridine rings is 1. The van der Waals surface area contributed by atoms with E-state index >= 15 is 0 Å². The molecule has 7 heteroatoms. The van der Waals surface area contributed by atoms with E-state index in [2.05, 4.69) is 9.97 Å². The van der Waals surface area contributed by atoms with Crippen molar-refractivity contribution < 1.29 is 14.4 Å². The molecule has 1 aromatic carbocycles. The number of carbonyl (C=O) groups excluding carboxylic acids is 1. The summed E-state index contributed by atoms with van der Waals surface area (Å²) >= 11 is 0. The zero-order chi connectivity index (χ0) is 16.9. The van der Waals surface area contributed by atoms with Gasteiger partial charge in [0.1, 0.15) is 5.52 Å². The molecule has 3 heterocycles. The van der Waals surface area contributed by atoms with E-state index in [9.17, 15) is 4.79 Å². The first-order chi connectivity index (χ1) is 11.5. The number of nitrogens with one attached hydrogen (secondary N) is 1. The van der Waals surface area contributed by atoms with Gasteiger partial charge >= 0.3 is 0 Å². The molecule has 1 amide bonds. The maximum Gasteiger partial charge on any atom is 0.299 e. The number of fused-ring (bicyclic) bond motifs is 2. The average Bonchev–Trinajstić information content (AvgIpc) is 3.12. The van der Waals surface area contributed by atoms with Gasteiger partial charge in [0.05, 0.1) is 11.7 Å². The van der Waals surface area contributed by atoms with Gasteiger partial charge in [-0.05, 0) is 31.0 Å². The van der Waals surface area contributed by atoms with Gasteiger partial charge < -0.3 is 9.32 Å². The van der Waals surface area contributed by atoms with E-state index in [1.165, 1.54) is 0 Å². The topological polar surface area (TPSA) is 91.5 Å².